The summed E-state index contributed by atoms with van der Waals surface area (Å²) >= 11 is 0. The van der Waals surface area contributed by atoms with Gasteiger partial charge in [-0.15, -0.1) is 0 Å². The number of nitrogens with two attached hydrogens (primary N) is 1. The van der Waals surface area contributed by atoms with Gasteiger partial charge in [-0.05, 0) is 50.5 Å². The molecule has 0 bridgehead atoms. The van der Waals surface area contributed by atoms with E-state index in [1.165, 1.54) is 6.92 Å². The summed E-state index contributed by atoms with van der Waals surface area (Å²) in [5.74, 6) is -0.886. The van der Waals surface area contributed by atoms with Crippen LogP contribution in [0, 0.1) is 5.41 Å². The molecule has 42 heavy (non-hydrogen) atoms. The second-order valence-corrected chi connectivity index (χ2v) is 11.3. The first-order chi connectivity index (χ1) is 20.0. The van der Waals surface area contributed by atoms with Gasteiger partial charge in [0.05, 0.1) is 45.7 Å². The van der Waals surface area contributed by atoms with Crippen molar-refractivity contribution >= 4 is 29.9 Å². The number of ether oxygens (including phenoxy) is 3. The van der Waals surface area contributed by atoms with Crippen LogP contribution in [0.1, 0.15) is 79.1 Å². The average molecular weight is 602 g/mol. The Morgan fingerprint density at radius 3 is 1.98 bits per heavy atom. The number of hydrogen-bond acceptors (Lipinski definition) is 9. The number of rotatable bonds is 27. The molecule has 0 aliphatic rings. The van der Waals surface area contributed by atoms with Crippen molar-refractivity contribution in [3.8, 4) is 0 Å². The standard InChI is InChI=1S/C29H55N5O8/c1-23(36)32-13-8-6-9-24(26(37)21-29(2,3)4)34-28(39)25(10-5-7-12-30)33-27(38)11-15-40-17-19-42-20-18-41-16-14-31-22-35/h22,24-25H,5-21,30H2,1-4H3,(H,31,35)(H,32,36)(H,33,38)(H,34,39)/t24?,25-/m0/s1. The van der Waals surface area contributed by atoms with Gasteiger partial charge in [0.25, 0.3) is 0 Å². The molecule has 0 saturated carbocycles. The third kappa shape index (κ3) is 24.0. The summed E-state index contributed by atoms with van der Waals surface area (Å²) in [6.07, 6.45) is 4.54. The first-order valence-electron chi connectivity index (χ1n) is 15.0. The number of Topliss-reactive ketones (excluding diaryl/α,β-unsaturated/α-hetero) is 1. The van der Waals surface area contributed by atoms with E-state index in [1.807, 2.05) is 20.8 Å². The van der Waals surface area contributed by atoms with E-state index in [1.54, 1.807) is 0 Å². The predicted molar refractivity (Wildman–Crippen MR) is 160 cm³/mol. The van der Waals surface area contributed by atoms with Crippen LogP contribution in [-0.2, 0) is 38.2 Å². The summed E-state index contributed by atoms with van der Waals surface area (Å²) in [5.41, 5.74) is 5.38. The fraction of sp³-hybridized carbons (Fsp3) is 0.828. The van der Waals surface area contributed by atoms with Gasteiger partial charge in [0.15, 0.2) is 5.78 Å². The van der Waals surface area contributed by atoms with Gasteiger partial charge in [0, 0.05) is 32.9 Å². The van der Waals surface area contributed by atoms with Crippen molar-refractivity contribution in [1.82, 2.24) is 21.3 Å². The first kappa shape index (κ1) is 39.4. The molecule has 6 N–H and O–H groups in total. The maximum atomic E-state index is 13.3. The van der Waals surface area contributed by atoms with Crippen LogP contribution < -0.4 is 27.0 Å². The first-order valence-corrected chi connectivity index (χ1v) is 15.0. The second-order valence-electron chi connectivity index (χ2n) is 11.3. The van der Waals surface area contributed by atoms with Crippen LogP contribution >= 0.6 is 0 Å². The van der Waals surface area contributed by atoms with Crippen LogP contribution in [0.2, 0.25) is 0 Å². The molecule has 2 atom stereocenters. The molecule has 4 amide bonds. The maximum absolute atomic E-state index is 13.3. The van der Waals surface area contributed by atoms with Gasteiger partial charge in [-0.1, -0.05) is 20.8 Å². The summed E-state index contributed by atoms with van der Waals surface area (Å²) in [7, 11) is 0. The third-order valence-electron chi connectivity index (χ3n) is 5.99. The van der Waals surface area contributed by atoms with Gasteiger partial charge in [0.1, 0.15) is 6.04 Å². The van der Waals surface area contributed by atoms with E-state index in [4.69, 9.17) is 19.9 Å². The molecule has 0 aromatic heterocycles. The molecule has 1 unspecified atom stereocenters. The Balaban J connectivity index is 4.75. The lowest BCUT2D eigenvalue weighted by atomic mass is 9.86. The number of carbonyl (C=O) groups is 5. The topological polar surface area (TPSA) is 187 Å². The average Bonchev–Trinajstić information content (AvgIpc) is 2.91. The highest BCUT2D eigenvalue weighted by Crippen LogP contribution is 2.21. The quantitative estimate of drug-likeness (QED) is 0.0663. The molecule has 0 aromatic rings. The van der Waals surface area contributed by atoms with Gasteiger partial charge in [-0.25, -0.2) is 0 Å². The van der Waals surface area contributed by atoms with Crippen molar-refractivity contribution in [2.75, 3.05) is 59.3 Å². The molecule has 0 aliphatic carbocycles. The molecule has 0 spiro atoms. The van der Waals surface area contributed by atoms with Gasteiger partial charge in [-0.2, -0.15) is 0 Å². The minimum absolute atomic E-state index is 0.0560. The highest BCUT2D eigenvalue weighted by atomic mass is 16.5. The zero-order chi connectivity index (χ0) is 31.6. The molecule has 0 rings (SSSR count). The molecular formula is C29H55N5O8. The molecule has 0 heterocycles. The smallest absolute Gasteiger partial charge is 0.243 e. The molecule has 244 valence electrons. The SMILES string of the molecule is CC(=O)NCCCCC(NC(=O)[C@H](CCCCN)NC(=O)CCOCCOCCOCCNC=O)C(=O)CC(C)(C)C. The molecular weight excluding hydrogens is 546 g/mol. The van der Waals surface area contributed by atoms with E-state index < -0.39 is 18.0 Å². The highest BCUT2D eigenvalue weighted by Gasteiger charge is 2.28. The van der Waals surface area contributed by atoms with Crippen LogP contribution in [0.15, 0.2) is 0 Å². The molecule has 0 fully saturated rings. The predicted octanol–water partition coefficient (Wildman–Crippen LogP) is 0.583. The monoisotopic (exact) mass is 601 g/mol. The van der Waals surface area contributed by atoms with E-state index in [-0.39, 0.29) is 36.0 Å². The van der Waals surface area contributed by atoms with Crippen LogP contribution in [0.25, 0.3) is 0 Å². The van der Waals surface area contributed by atoms with Gasteiger partial charge in [0.2, 0.25) is 24.1 Å². The number of ketones is 1. The van der Waals surface area contributed by atoms with Gasteiger partial charge < -0.3 is 41.2 Å². The summed E-state index contributed by atoms with van der Waals surface area (Å²) in [6.45, 7) is 10.8. The Hall–Kier alpha value is -2.61. The Labute approximate surface area is 251 Å². The highest BCUT2D eigenvalue weighted by molar-refractivity contribution is 5.93. The van der Waals surface area contributed by atoms with E-state index in [2.05, 4.69) is 21.3 Å². The van der Waals surface area contributed by atoms with Crippen LogP contribution in [-0.4, -0.2) is 101 Å². The van der Waals surface area contributed by atoms with Crippen molar-refractivity contribution in [2.45, 2.75) is 91.1 Å². The summed E-state index contributed by atoms with van der Waals surface area (Å²) in [6, 6.07) is -1.47. The van der Waals surface area contributed by atoms with E-state index in [0.29, 0.717) is 104 Å². The van der Waals surface area contributed by atoms with Crippen molar-refractivity contribution in [3.05, 3.63) is 0 Å². The lowest BCUT2D eigenvalue weighted by Gasteiger charge is -2.26. The molecule has 0 aliphatic heterocycles. The minimum atomic E-state index is -0.793. The normalized spacial score (nSPS) is 12.7. The number of unbranched alkanes of at least 4 members (excludes halogenated alkanes) is 2. The lowest BCUT2D eigenvalue weighted by Crippen LogP contribution is -2.52. The zero-order valence-corrected chi connectivity index (χ0v) is 26.1. The van der Waals surface area contributed by atoms with Crippen molar-refractivity contribution < 1.29 is 38.2 Å². The molecule has 0 radical (unpaired) electrons. The number of hydrogen-bond donors (Lipinski definition) is 5. The van der Waals surface area contributed by atoms with E-state index >= 15 is 0 Å². The Morgan fingerprint density at radius 2 is 1.38 bits per heavy atom. The van der Waals surface area contributed by atoms with Crippen LogP contribution in [0.5, 0.6) is 0 Å². The molecule has 0 aromatic carbocycles. The number of carbonyl (C=O) groups excluding carboxylic acids is 5. The van der Waals surface area contributed by atoms with E-state index in [9.17, 15) is 24.0 Å². The summed E-state index contributed by atoms with van der Waals surface area (Å²) < 4.78 is 16.1. The largest absolute Gasteiger partial charge is 0.379 e. The van der Waals surface area contributed by atoms with Crippen molar-refractivity contribution in [3.63, 3.8) is 0 Å². The van der Waals surface area contributed by atoms with Gasteiger partial charge in [-0.3, -0.25) is 24.0 Å². The second kappa shape index (κ2) is 24.9. The Bertz CT molecular complexity index is 776. The van der Waals surface area contributed by atoms with Crippen molar-refractivity contribution in [1.29, 1.82) is 0 Å². The van der Waals surface area contributed by atoms with Crippen LogP contribution in [0.3, 0.4) is 0 Å². The fourth-order valence-corrected chi connectivity index (χ4v) is 3.89. The third-order valence-corrected chi connectivity index (χ3v) is 5.99. The van der Waals surface area contributed by atoms with Crippen LogP contribution in [0.4, 0.5) is 0 Å². The number of nitrogens with one attached hydrogen (secondary N) is 4. The molecule has 13 nitrogen and oxygen atoms in total. The minimum Gasteiger partial charge on any atom is -0.379 e. The molecule has 13 heteroatoms. The molecule has 0 saturated heterocycles. The zero-order valence-electron chi connectivity index (χ0n) is 26.1. The van der Waals surface area contributed by atoms with E-state index in [0.717, 1.165) is 0 Å². The Morgan fingerprint density at radius 1 is 0.786 bits per heavy atom. The lowest BCUT2D eigenvalue weighted by molar-refractivity contribution is -0.132. The summed E-state index contributed by atoms with van der Waals surface area (Å²) in [5, 5.41) is 10.9. The van der Waals surface area contributed by atoms with Crippen molar-refractivity contribution in [2.24, 2.45) is 11.1 Å². The fourth-order valence-electron chi connectivity index (χ4n) is 3.89. The Kier molecular flexibility index (Phi) is 23.4. The maximum Gasteiger partial charge on any atom is 0.243 e. The summed E-state index contributed by atoms with van der Waals surface area (Å²) in [4.78, 5) is 60.2. The van der Waals surface area contributed by atoms with Gasteiger partial charge >= 0.3 is 0 Å². The number of amides is 4.